The van der Waals surface area contributed by atoms with E-state index >= 15 is 0 Å². The van der Waals surface area contributed by atoms with Crippen LogP contribution in [0.5, 0.6) is 0 Å². The fraction of sp³-hybridized carbons (Fsp3) is 0.348. The molecule has 2 aromatic carbocycles. The van der Waals surface area contributed by atoms with Crippen LogP contribution in [-0.4, -0.2) is 20.4 Å². The SMILES string of the molecule is CC1CC1C(NC(=O)/C=C/c1ccc(S(=O)(=O)NC2CC2)cc1)c1ccccc1. The molecule has 2 N–H and O–H groups in total. The third-order valence-electron chi connectivity index (χ3n) is 5.57. The summed E-state index contributed by atoms with van der Waals surface area (Å²) >= 11 is 0. The van der Waals surface area contributed by atoms with Crippen molar-refractivity contribution in [3.05, 3.63) is 71.8 Å². The van der Waals surface area contributed by atoms with E-state index in [1.165, 1.54) is 6.08 Å². The third kappa shape index (κ3) is 5.14. The lowest BCUT2D eigenvalue weighted by Crippen LogP contribution is -2.28. The summed E-state index contributed by atoms with van der Waals surface area (Å²) in [5, 5.41) is 3.13. The van der Waals surface area contributed by atoms with E-state index in [1.807, 2.05) is 18.2 Å². The van der Waals surface area contributed by atoms with Crippen LogP contribution in [0.4, 0.5) is 0 Å². The molecule has 2 aliphatic carbocycles. The Kier molecular flexibility index (Phi) is 5.56. The van der Waals surface area contributed by atoms with E-state index in [1.54, 1.807) is 30.3 Å². The Bertz CT molecular complexity index is 996. The largest absolute Gasteiger partial charge is 0.345 e. The van der Waals surface area contributed by atoms with E-state index < -0.39 is 10.0 Å². The van der Waals surface area contributed by atoms with E-state index in [2.05, 4.69) is 29.1 Å². The summed E-state index contributed by atoms with van der Waals surface area (Å²) in [6.07, 6.45) is 6.14. The monoisotopic (exact) mass is 410 g/mol. The molecule has 152 valence electrons. The van der Waals surface area contributed by atoms with Crippen LogP contribution >= 0.6 is 0 Å². The summed E-state index contributed by atoms with van der Waals surface area (Å²) in [5.74, 6) is 0.937. The van der Waals surface area contributed by atoms with Gasteiger partial charge in [0.05, 0.1) is 10.9 Å². The Morgan fingerprint density at radius 3 is 2.31 bits per heavy atom. The fourth-order valence-corrected chi connectivity index (χ4v) is 4.84. The van der Waals surface area contributed by atoms with Gasteiger partial charge in [-0.15, -0.1) is 0 Å². The highest BCUT2D eigenvalue weighted by atomic mass is 32.2. The summed E-state index contributed by atoms with van der Waals surface area (Å²) in [5.41, 5.74) is 1.91. The predicted octanol–water partition coefficient (Wildman–Crippen LogP) is 3.65. The normalized spacial score (nSPS) is 22.4. The molecular formula is C23H26N2O3S. The predicted molar refractivity (Wildman–Crippen MR) is 113 cm³/mol. The molecule has 2 saturated carbocycles. The second-order valence-electron chi connectivity index (χ2n) is 8.07. The number of sulfonamides is 1. The first-order valence-electron chi connectivity index (χ1n) is 10.1. The lowest BCUT2D eigenvalue weighted by Gasteiger charge is -2.18. The minimum atomic E-state index is -3.45. The molecule has 1 amide bonds. The molecule has 0 saturated heterocycles. The van der Waals surface area contributed by atoms with Crippen LogP contribution in [0.25, 0.3) is 6.08 Å². The third-order valence-corrected chi connectivity index (χ3v) is 7.11. The Balaban J connectivity index is 1.39. The van der Waals surface area contributed by atoms with Gasteiger partial charge in [0.1, 0.15) is 0 Å². The van der Waals surface area contributed by atoms with Crippen molar-refractivity contribution in [3.8, 4) is 0 Å². The van der Waals surface area contributed by atoms with Gasteiger partial charge in [-0.3, -0.25) is 4.79 Å². The Labute approximate surface area is 172 Å². The number of nitrogens with one attached hydrogen (secondary N) is 2. The average Bonchev–Trinajstić information content (AvgIpc) is 3.64. The zero-order valence-corrected chi connectivity index (χ0v) is 17.2. The van der Waals surface area contributed by atoms with Gasteiger partial charge in [-0.05, 0) is 60.4 Å². The zero-order valence-electron chi connectivity index (χ0n) is 16.4. The molecule has 6 heteroatoms. The molecule has 0 radical (unpaired) electrons. The van der Waals surface area contributed by atoms with Crippen LogP contribution in [0.1, 0.15) is 43.4 Å². The van der Waals surface area contributed by atoms with E-state index in [9.17, 15) is 13.2 Å². The van der Waals surface area contributed by atoms with Gasteiger partial charge < -0.3 is 5.32 Å². The minimum Gasteiger partial charge on any atom is -0.345 e. The quantitative estimate of drug-likeness (QED) is 0.652. The maximum absolute atomic E-state index is 12.5. The van der Waals surface area contributed by atoms with Gasteiger partial charge in [-0.2, -0.15) is 0 Å². The van der Waals surface area contributed by atoms with Crippen molar-refractivity contribution in [2.45, 2.75) is 43.2 Å². The average molecular weight is 411 g/mol. The van der Waals surface area contributed by atoms with Gasteiger partial charge in [0.2, 0.25) is 15.9 Å². The number of hydrogen-bond acceptors (Lipinski definition) is 3. The number of rotatable bonds is 8. The molecule has 29 heavy (non-hydrogen) atoms. The van der Waals surface area contributed by atoms with E-state index in [-0.39, 0.29) is 22.9 Å². The van der Waals surface area contributed by atoms with Crippen molar-refractivity contribution in [2.75, 3.05) is 0 Å². The van der Waals surface area contributed by atoms with Gasteiger partial charge >= 0.3 is 0 Å². The van der Waals surface area contributed by atoms with Crippen molar-refractivity contribution in [3.63, 3.8) is 0 Å². The van der Waals surface area contributed by atoms with Gasteiger partial charge in [0.25, 0.3) is 0 Å². The summed E-state index contributed by atoms with van der Waals surface area (Å²) in [6.45, 7) is 2.20. The topological polar surface area (TPSA) is 75.3 Å². The molecule has 0 spiro atoms. The highest BCUT2D eigenvalue weighted by Gasteiger charge is 2.40. The van der Waals surface area contributed by atoms with Crippen LogP contribution in [0, 0.1) is 11.8 Å². The molecule has 0 aromatic heterocycles. The summed E-state index contributed by atoms with van der Waals surface area (Å²) in [4.78, 5) is 12.7. The summed E-state index contributed by atoms with van der Waals surface area (Å²) < 4.78 is 27.1. The first kappa shape index (κ1) is 19.9. The smallest absolute Gasteiger partial charge is 0.244 e. The second-order valence-corrected chi connectivity index (χ2v) is 9.79. The lowest BCUT2D eigenvalue weighted by molar-refractivity contribution is -0.117. The van der Waals surface area contributed by atoms with Crippen molar-refractivity contribution in [1.29, 1.82) is 0 Å². The standard InChI is InChI=1S/C23H26N2O3S/c1-16-15-21(16)23(18-5-3-2-4-6-18)24-22(26)14-9-17-7-12-20(13-8-17)29(27,28)25-19-10-11-19/h2-9,12-14,16,19,21,23,25H,10-11,15H2,1H3,(H,24,26)/b14-9+. The van der Waals surface area contributed by atoms with Crippen molar-refractivity contribution < 1.29 is 13.2 Å². The molecule has 3 unspecified atom stereocenters. The van der Waals surface area contributed by atoms with Gasteiger partial charge in [0.15, 0.2) is 0 Å². The Morgan fingerprint density at radius 1 is 1.07 bits per heavy atom. The van der Waals surface area contributed by atoms with E-state index in [0.29, 0.717) is 11.8 Å². The molecule has 3 atom stereocenters. The fourth-order valence-electron chi connectivity index (χ4n) is 3.53. The molecule has 2 fully saturated rings. The van der Waals surface area contributed by atoms with Crippen LogP contribution < -0.4 is 10.0 Å². The zero-order chi connectivity index (χ0) is 20.4. The van der Waals surface area contributed by atoms with Crippen molar-refractivity contribution in [2.24, 2.45) is 11.8 Å². The highest BCUT2D eigenvalue weighted by molar-refractivity contribution is 7.89. The summed E-state index contributed by atoms with van der Waals surface area (Å²) in [6, 6.07) is 16.7. The molecule has 2 aromatic rings. The molecule has 2 aliphatic rings. The lowest BCUT2D eigenvalue weighted by atomic mass is 10.0. The first-order valence-corrected chi connectivity index (χ1v) is 11.6. The molecule has 5 nitrogen and oxygen atoms in total. The van der Waals surface area contributed by atoms with E-state index in [4.69, 9.17) is 0 Å². The Hall–Kier alpha value is -2.44. The highest BCUT2D eigenvalue weighted by Crippen LogP contribution is 2.46. The van der Waals surface area contributed by atoms with Crippen LogP contribution in [-0.2, 0) is 14.8 Å². The maximum atomic E-state index is 12.5. The minimum absolute atomic E-state index is 0.0179. The number of carbonyl (C=O) groups excluding carboxylic acids is 1. The molecule has 0 aliphatic heterocycles. The summed E-state index contributed by atoms with van der Waals surface area (Å²) in [7, 11) is -3.45. The maximum Gasteiger partial charge on any atom is 0.244 e. The van der Waals surface area contributed by atoms with Gasteiger partial charge in [0, 0.05) is 12.1 Å². The number of hydrogen-bond donors (Lipinski definition) is 2. The molecular weight excluding hydrogens is 384 g/mol. The van der Waals surface area contributed by atoms with E-state index in [0.717, 1.165) is 30.4 Å². The van der Waals surface area contributed by atoms with Gasteiger partial charge in [-0.1, -0.05) is 49.4 Å². The number of carbonyl (C=O) groups is 1. The van der Waals surface area contributed by atoms with Crippen LogP contribution in [0.3, 0.4) is 0 Å². The second kappa shape index (κ2) is 8.13. The number of amides is 1. The van der Waals surface area contributed by atoms with Crippen LogP contribution in [0.15, 0.2) is 65.6 Å². The Morgan fingerprint density at radius 2 is 1.72 bits per heavy atom. The van der Waals surface area contributed by atoms with Gasteiger partial charge in [-0.25, -0.2) is 13.1 Å². The van der Waals surface area contributed by atoms with Crippen LogP contribution in [0.2, 0.25) is 0 Å². The van der Waals surface area contributed by atoms with Crippen molar-refractivity contribution >= 4 is 22.0 Å². The number of benzene rings is 2. The first-order chi connectivity index (χ1) is 13.9. The molecule has 0 bridgehead atoms. The van der Waals surface area contributed by atoms with Crippen molar-refractivity contribution in [1.82, 2.24) is 10.0 Å². The molecule has 4 rings (SSSR count). The molecule has 0 heterocycles.